The number of aromatic nitrogens is 1. The van der Waals surface area contributed by atoms with E-state index < -0.39 is 5.97 Å². The minimum Gasteiger partial charge on any atom is -0.462 e. The number of carbonyl (C=O) groups excluding carboxylic acids is 1. The number of pyridine rings is 1. The molecule has 0 aliphatic carbocycles. The van der Waals surface area contributed by atoms with Gasteiger partial charge < -0.3 is 10.1 Å². The van der Waals surface area contributed by atoms with Crippen LogP contribution in [0.3, 0.4) is 0 Å². The van der Waals surface area contributed by atoms with Gasteiger partial charge in [0.1, 0.15) is 5.82 Å². The molecular formula is C14H13FN2O2. The minimum absolute atomic E-state index is 0.295. The van der Waals surface area contributed by atoms with Crippen molar-refractivity contribution in [3.8, 4) is 0 Å². The molecule has 5 heteroatoms. The molecule has 98 valence electrons. The van der Waals surface area contributed by atoms with E-state index in [2.05, 4.69) is 10.3 Å². The summed E-state index contributed by atoms with van der Waals surface area (Å²) >= 11 is 0. The molecule has 1 aromatic carbocycles. The third kappa shape index (κ3) is 3.28. The monoisotopic (exact) mass is 260 g/mol. The van der Waals surface area contributed by atoms with E-state index in [1.807, 2.05) is 0 Å². The van der Waals surface area contributed by atoms with Crippen LogP contribution in [-0.4, -0.2) is 17.6 Å². The van der Waals surface area contributed by atoms with Gasteiger partial charge in [0.05, 0.1) is 29.7 Å². The molecule has 0 unspecified atom stereocenters. The molecule has 19 heavy (non-hydrogen) atoms. The number of carbonyl (C=O) groups is 1. The summed E-state index contributed by atoms with van der Waals surface area (Å²) in [6.45, 7) is 2.02. The molecule has 1 heterocycles. The lowest BCUT2D eigenvalue weighted by Gasteiger charge is -2.08. The molecule has 1 aromatic heterocycles. The fraction of sp³-hybridized carbons (Fsp3) is 0.143. The quantitative estimate of drug-likeness (QED) is 0.858. The number of nitrogens with one attached hydrogen (secondary N) is 1. The summed E-state index contributed by atoms with van der Waals surface area (Å²) in [7, 11) is 0. The van der Waals surface area contributed by atoms with Crippen LogP contribution >= 0.6 is 0 Å². The molecule has 1 N–H and O–H groups in total. The fourth-order valence-electron chi connectivity index (χ4n) is 1.55. The van der Waals surface area contributed by atoms with Crippen molar-refractivity contribution in [2.75, 3.05) is 11.9 Å². The van der Waals surface area contributed by atoms with Crippen molar-refractivity contribution in [2.45, 2.75) is 6.92 Å². The van der Waals surface area contributed by atoms with E-state index in [9.17, 15) is 9.18 Å². The molecule has 0 aliphatic rings. The van der Waals surface area contributed by atoms with Gasteiger partial charge in [-0.2, -0.15) is 0 Å². The highest BCUT2D eigenvalue weighted by molar-refractivity contribution is 5.90. The molecule has 0 saturated heterocycles. The predicted octanol–water partition coefficient (Wildman–Crippen LogP) is 3.14. The molecule has 0 spiro atoms. The van der Waals surface area contributed by atoms with Gasteiger partial charge in [-0.05, 0) is 25.1 Å². The number of hydrogen-bond donors (Lipinski definition) is 1. The molecule has 2 rings (SSSR count). The highest BCUT2D eigenvalue weighted by Crippen LogP contribution is 2.19. The summed E-state index contributed by atoms with van der Waals surface area (Å²) in [6.07, 6.45) is 2.92. The molecule has 2 aromatic rings. The third-order valence-electron chi connectivity index (χ3n) is 2.40. The first kappa shape index (κ1) is 13.0. The van der Waals surface area contributed by atoms with Gasteiger partial charge in [-0.3, -0.25) is 4.98 Å². The normalized spacial score (nSPS) is 10.0. The molecule has 4 nitrogen and oxygen atoms in total. The first-order valence-electron chi connectivity index (χ1n) is 5.84. The van der Waals surface area contributed by atoms with Crippen LogP contribution in [0.25, 0.3) is 0 Å². The zero-order valence-corrected chi connectivity index (χ0v) is 10.4. The molecule has 0 atom stereocenters. The lowest BCUT2D eigenvalue weighted by molar-refractivity contribution is 0.0526. The van der Waals surface area contributed by atoms with E-state index in [1.165, 1.54) is 18.5 Å². The van der Waals surface area contributed by atoms with Crippen molar-refractivity contribution in [1.82, 2.24) is 4.98 Å². The van der Waals surface area contributed by atoms with Crippen molar-refractivity contribution < 1.29 is 13.9 Å². The van der Waals surface area contributed by atoms with Crippen LogP contribution in [0, 0.1) is 5.82 Å². The van der Waals surface area contributed by atoms with Crippen molar-refractivity contribution in [1.29, 1.82) is 0 Å². The van der Waals surface area contributed by atoms with Crippen molar-refractivity contribution in [3.63, 3.8) is 0 Å². The van der Waals surface area contributed by atoms with Crippen molar-refractivity contribution in [2.24, 2.45) is 0 Å². The van der Waals surface area contributed by atoms with Crippen LogP contribution in [0.2, 0.25) is 0 Å². The number of esters is 1. The van der Waals surface area contributed by atoms with Gasteiger partial charge in [-0.1, -0.05) is 12.1 Å². The Kier molecular flexibility index (Phi) is 4.07. The smallest absolute Gasteiger partial charge is 0.339 e. The summed E-state index contributed by atoms with van der Waals surface area (Å²) in [4.78, 5) is 15.5. The molecule has 0 fully saturated rings. The molecule has 0 saturated carbocycles. The second-order valence-corrected chi connectivity index (χ2v) is 3.79. The number of benzene rings is 1. The van der Waals surface area contributed by atoms with Crippen LogP contribution < -0.4 is 5.32 Å². The average Bonchev–Trinajstić information content (AvgIpc) is 2.42. The predicted molar refractivity (Wildman–Crippen MR) is 69.9 cm³/mol. The molecule has 0 radical (unpaired) electrons. The minimum atomic E-state index is -0.452. The summed E-state index contributed by atoms with van der Waals surface area (Å²) < 4.78 is 18.4. The maximum Gasteiger partial charge on any atom is 0.339 e. The maximum absolute atomic E-state index is 13.5. The Hall–Kier alpha value is -2.43. The Morgan fingerprint density at radius 2 is 2.16 bits per heavy atom. The zero-order chi connectivity index (χ0) is 13.7. The first-order valence-corrected chi connectivity index (χ1v) is 5.84. The van der Waals surface area contributed by atoms with Crippen LogP contribution in [0.1, 0.15) is 17.3 Å². The van der Waals surface area contributed by atoms with Crippen molar-refractivity contribution in [3.05, 3.63) is 54.1 Å². The van der Waals surface area contributed by atoms with Crippen LogP contribution in [0.5, 0.6) is 0 Å². The number of nitrogens with zero attached hydrogens (tertiary/aromatic N) is 1. The van der Waals surface area contributed by atoms with E-state index in [0.717, 1.165) is 0 Å². The van der Waals surface area contributed by atoms with Gasteiger partial charge in [0.2, 0.25) is 0 Å². The SMILES string of the molecule is CCOC(=O)c1cncc(Nc2ccccc2F)c1. The molecule has 0 bridgehead atoms. The van der Waals surface area contributed by atoms with E-state index in [1.54, 1.807) is 31.2 Å². The Morgan fingerprint density at radius 1 is 1.37 bits per heavy atom. The van der Waals surface area contributed by atoms with E-state index in [0.29, 0.717) is 23.5 Å². The van der Waals surface area contributed by atoms with Crippen LogP contribution in [0.15, 0.2) is 42.7 Å². The number of hydrogen-bond acceptors (Lipinski definition) is 4. The second kappa shape index (κ2) is 5.95. The number of halogens is 1. The lowest BCUT2D eigenvalue weighted by atomic mass is 10.2. The standard InChI is InChI=1S/C14H13FN2O2/c1-2-19-14(18)10-7-11(9-16-8-10)17-13-6-4-3-5-12(13)15/h3-9,17H,2H2,1H3. The van der Waals surface area contributed by atoms with E-state index >= 15 is 0 Å². The van der Waals surface area contributed by atoms with Crippen molar-refractivity contribution >= 4 is 17.3 Å². The topological polar surface area (TPSA) is 51.2 Å². The Morgan fingerprint density at radius 3 is 2.89 bits per heavy atom. The summed E-state index contributed by atoms with van der Waals surface area (Å²) in [6, 6.07) is 7.84. The Labute approximate surface area is 110 Å². The Balaban J connectivity index is 2.20. The maximum atomic E-state index is 13.5. The molecule has 0 aliphatic heterocycles. The van der Waals surface area contributed by atoms with Gasteiger partial charge in [0.25, 0.3) is 0 Å². The van der Waals surface area contributed by atoms with Gasteiger partial charge in [0.15, 0.2) is 0 Å². The molecular weight excluding hydrogens is 247 g/mol. The highest BCUT2D eigenvalue weighted by Gasteiger charge is 2.08. The molecule has 0 amide bonds. The zero-order valence-electron chi connectivity index (χ0n) is 10.4. The third-order valence-corrected chi connectivity index (χ3v) is 2.40. The Bertz CT molecular complexity index is 587. The average molecular weight is 260 g/mol. The van der Waals surface area contributed by atoms with Crippen LogP contribution in [0.4, 0.5) is 15.8 Å². The first-order chi connectivity index (χ1) is 9.20. The van der Waals surface area contributed by atoms with Gasteiger partial charge in [-0.25, -0.2) is 9.18 Å². The highest BCUT2D eigenvalue weighted by atomic mass is 19.1. The number of ether oxygens (including phenoxy) is 1. The number of para-hydroxylation sites is 1. The van der Waals surface area contributed by atoms with Gasteiger partial charge >= 0.3 is 5.97 Å². The number of rotatable bonds is 4. The van der Waals surface area contributed by atoms with Gasteiger partial charge in [-0.15, -0.1) is 0 Å². The summed E-state index contributed by atoms with van der Waals surface area (Å²) in [5.74, 6) is -0.823. The summed E-state index contributed by atoms with van der Waals surface area (Å²) in [5, 5.41) is 2.86. The second-order valence-electron chi connectivity index (χ2n) is 3.79. The summed E-state index contributed by atoms with van der Waals surface area (Å²) in [5.41, 5.74) is 1.17. The number of anilines is 2. The van der Waals surface area contributed by atoms with E-state index in [-0.39, 0.29) is 5.82 Å². The van der Waals surface area contributed by atoms with E-state index in [4.69, 9.17) is 4.74 Å². The lowest BCUT2D eigenvalue weighted by Crippen LogP contribution is -2.05. The largest absolute Gasteiger partial charge is 0.462 e. The fourth-order valence-corrected chi connectivity index (χ4v) is 1.55. The van der Waals surface area contributed by atoms with Gasteiger partial charge in [0, 0.05) is 6.20 Å². The van der Waals surface area contributed by atoms with Crippen LogP contribution in [-0.2, 0) is 4.74 Å².